The van der Waals surface area contributed by atoms with Gasteiger partial charge in [-0.15, -0.1) is 0 Å². The molecule has 1 aromatic rings. The Kier molecular flexibility index (Phi) is 2.18. The molecule has 1 heterocycles. The summed E-state index contributed by atoms with van der Waals surface area (Å²) in [5.41, 5.74) is 9.22. The number of fused-ring (bicyclic) bond motifs is 1. The summed E-state index contributed by atoms with van der Waals surface area (Å²) in [5.74, 6) is 0.325. The van der Waals surface area contributed by atoms with Gasteiger partial charge in [-0.1, -0.05) is 19.1 Å². The van der Waals surface area contributed by atoms with E-state index < -0.39 is 0 Å². The topological polar surface area (TPSA) is 46.3 Å². The van der Waals surface area contributed by atoms with Gasteiger partial charge in [0, 0.05) is 24.2 Å². The normalized spacial score (nSPS) is 20.9. The zero-order valence-corrected chi connectivity index (χ0v) is 10.2. The molecule has 3 nitrogen and oxygen atoms in total. The first-order valence-electron chi connectivity index (χ1n) is 6.26. The molecule has 0 radical (unpaired) electrons. The van der Waals surface area contributed by atoms with Crippen molar-refractivity contribution in [3.8, 4) is 0 Å². The van der Waals surface area contributed by atoms with Gasteiger partial charge >= 0.3 is 0 Å². The maximum atomic E-state index is 12.3. The molecule has 1 fully saturated rings. The van der Waals surface area contributed by atoms with E-state index in [2.05, 4.69) is 13.0 Å². The summed E-state index contributed by atoms with van der Waals surface area (Å²) < 4.78 is 0. The van der Waals surface area contributed by atoms with E-state index in [0.717, 1.165) is 38.0 Å². The number of anilines is 1. The lowest BCUT2D eigenvalue weighted by molar-refractivity contribution is -0.137. The zero-order chi connectivity index (χ0) is 12.0. The molecule has 1 aromatic carbocycles. The third kappa shape index (κ3) is 1.70. The third-order valence-corrected chi connectivity index (χ3v) is 4.11. The van der Waals surface area contributed by atoms with Gasteiger partial charge in [-0.2, -0.15) is 0 Å². The van der Waals surface area contributed by atoms with Gasteiger partial charge in [-0.05, 0) is 36.5 Å². The first-order chi connectivity index (χ1) is 8.10. The number of nitrogens with two attached hydrogens (primary N) is 1. The molecule has 1 aliphatic heterocycles. The number of nitrogen functional groups attached to an aromatic ring is 1. The van der Waals surface area contributed by atoms with Crippen molar-refractivity contribution < 1.29 is 4.79 Å². The first kappa shape index (κ1) is 10.6. The lowest BCUT2D eigenvalue weighted by atomic mass is 9.96. The Morgan fingerprint density at radius 1 is 1.41 bits per heavy atom. The second-order valence-corrected chi connectivity index (χ2v) is 5.52. The van der Waals surface area contributed by atoms with Gasteiger partial charge < -0.3 is 10.6 Å². The number of hydrogen-bond acceptors (Lipinski definition) is 2. The number of amides is 1. The molecule has 0 spiro atoms. The lowest BCUT2D eigenvalue weighted by Crippen LogP contribution is -2.40. The van der Waals surface area contributed by atoms with Crippen molar-refractivity contribution in [1.29, 1.82) is 0 Å². The molecule has 1 aliphatic carbocycles. The SMILES string of the molecule is CC1(C(=O)N2CCc3c(N)cccc3C2)CC1. The van der Waals surface area contributed by atoms with Gasteiger partial charge in [0.25, 0.3) is 0 Å². The van der Waals surface area contributed by atoms with Crippen LogP contribution in [0.15, 0.2) is 18.2 Å². The minimum Gasteiger partial charge on any atom is -0.398 e. The second kappa shape index (κ2) is 3.49. The van der Waals surface area contributed by atoms with Gasteiger partial charge in [0.05, 0.1) is 0 Å². The molecule has 0 atom stereocenters. The van der Waals surface area contributed by atoms with Crippen molar-refractivity contribution in [2.24, 2.45) is 5.41 Å². The summed E-state index contributed by atoms with van der Waals surface area (Å²) in [5, 5.41) is 0. The average Bonchev–Trinajstić information content (AvgIpc) is 3.08. The molecule has 0 unspecified atom stereocenters. The largest absolute Gasteiger partial charge is 0.398 e. The number of nitrogens with zero attached hydrogens (tertiary/aromatic N) is 1. The molecule has 3 heteroatoms. The molecule has 90 valence electrons. The summed E-state index contributed by atoms with van der Waals surface area (Å²) in [6.45, 7) is 3.62. The highest BCUT2D eigenvalue weighted by molar-refractivity contribution is 5.85. The summed E-state index contributed by atoms with van der Waals surface area (Å²) >= 11 is 0. The van der Waals surface area contributed by atoms with Crippen LogP contribution in [-0.2, 0) is 17.8 Å². The van der Waals surface area contributed by atoms with E-state index in [4.69, 9.17) is 5.73 Å². The summed E-state index contributed by atoms with van der Waals surface area (Å²) in [4.78, 5) is 14.3. The molecule has 3 rings (SSSR count). The Bertz CT molecular complexity index is 477. The smallest absolute Gasteiger partial charge is 0.228 e. The van der Waals surface area contributed by atoms with Gasteiger partial charge in [0.1, 0.15) is 0 Å². The highest BCUT2D eigenvalue weighted by Gasteiger charge is 2.47. The quantitative estimate of drug-likeness (QED) is 0.750. The molecule has 1 amide bonds. The minimum absolute atomic E-state index is 0.0577. The van der Waals surface area contributed by atoms with E-state index in [9.17, 15) is 4.79 Å². The fourth-order valence-corrected chi connectivity index (χ4v) is 2.60. The Labute approximate surface area is 102 Å². The van der Waals surface area contributed by atoms with Crippen LogP contribution in [0.3, 0.4) is 0 Å². The number of rotatable bonds is 1. The predicted molar refractivity (Wildman–Crippen MR) is 67.3 cm³/mol. The van der Waals surface area contributed by atoms with Crippen molar-refractivity contribution in [2.45, 2.75) is 32.7 Å². The van der Waals surface area contributed by atoms with Crippen LogP contribution < -0.4 is 5.73 Å². The van der Waals surface area contributed by atoms with Crippen LogP contribution in [0, 0.1) is 5.41 Å². The second-order valence-electron chi connectivity index (χ2n) is 5.52. The number of carbonyl (C=O) groups is 1. The van der Waals surface area contributed by atoms with Crippen LogP contribution in [-0.4, -0.2) is 17.4 Å². The van der Waals surface area contributed by atoms with Crippen molar-refractivity contribution in [3.05, 3.63) is 29.3 Å². The highest BCUT2D eigenvalue weighted by atomic mass is 16.2. The van der Waals surface area contributed by atoms with Crippen LogP contribution >= 0.6 is 0 Å². The highest BCUT2D eigenvalue weighted by Crippen LogP contribution is 2.47. The van der Waals surface area contributed by atoms with Crippen LogP contribution in [0.4, 0.5) is 5.69 Å². The summed E-state index contributed by atoms with van der Waals surface area (Å²) in [7, 11) is 0. The summed E-state index contributed by atoms with van der Waals surface area (Å²) in [6.07, 6.45) is 2.99. The predicted octanol–water partition coefficient (Wildman–Crippen LogP) is 1.95. The molecule has 2 N–H and O–H groups in total. The van der Waals surface area contributed by atoms with Crippen molar-refractivity contribution in [3.63, 3.8) is 0 Å². The third-order valence-electron chi connectivity index (χ3n) is 4.11. The Balaban J connectivity index is 1.83. The fraction of sp³-hybridized carbons (Fsp3) is 0.500. The fourth-order valence-electron chi connectivity index (χ4n) is 2.60. The molecule has 2 aliphatic rings. The van der Waals surface area contributed by atoms with Crippen LogP contribution in [0.2, 0.25) is 0 Å². The van der Waals surface area contributed by atoms with Crippen LogP contribution in [0.5, 0.6) is 0 Å². The first-order valence-corrected chi connectivity index (χ1v) is 6.26. The van der Waals surface area contributed by atoms with Crippen molar-refractivity contribution in [1.82, 2.24) is 4.90 Å². The Hall–Kier alpha value is -1.51. The zero-order valence-electron chi connectivity index (χ0n) is 10.2. The van der Waals surface area contributed by atoms with Gasteiger partial charge in [0.15, 0.2) is 0 Å². The number of carbonyl (C=O) groups excluding carboxylic acids is 1. The van der Waals surface area contributed by atoms with E-state index in [1.54, 1.807) is 0 Å². The molecule has 0 saturated heterocycles. The van der Waals surface area contributed by atoms with E-state index in [0.29, 0.717) is 5.91 Å². The Morgan fingerprint density at radius 3 is 2.88 bits per heavy atom. The van der Waals surface area contributed by atoms with Crippen LogP contribution in [0.1, 0.15) is 30.9 Å². The minimum atomic E-state index is -0.0577. The van der Waals surface area contributed by atoms with E-state index in [1.165, 1.54) is 11.1 Å². The molecule has 0 aromatic heterocycles. The molecule has 1 saturated carbocycles. The molecular formula is C14H18N2O. The Morgan fingerprint density at radius 2 is 2.18 bits per heavy atom. The molecule has 17 heavy (non-hydrogen) atoms. The van der Waals surface area contributed by atoms with Crippen molar-refractivity contribution in [2.75, 3.05) is 12.3 Å². The maximum absolute atomic E-state index is 12.3. The van der Waals surface area contributed by atoms with Crippen molar-refractivity contribution >= 4 is 11.6 Å². The van der Waals surface area contributed by atoms with Gasteiger partial charge in [-0.25, -0.2) is 0 Å². The van der Waals surface area contributed by atoms with E-state index >= 15 is 0 Å². The van der Waals surface area contributed by atoms with E-state index in [1.807, 2.05) is 17.0 Å². The number of hydrogen-bond donors (Lipinski definition) is 1. The standard InChI is InChI=1S/C14H18N2O/c1-14(6-7-14)13(17)16-8-5-11-10(9-16)3-2-4-12(11)15/h2-4H,5-9,15H2,1H3. The van der Waals surface area contributed by atoms with E-state index in [-0.39, 0.29) is 5.41 Å². The summed E-state index contributed by atoms with van der Waals surface area (Å²) in [6, 6.07) is 6.00. The number of benzene rings is 1. The van der Waals surface area contributed by atoms with Crippen LogP contribution in [0.25, 0.3) is 0 Å². The van der Waals surface area contributed by atoms with Gasteiger partial charge in [-0.3, -0.25) is 4.79 Å². The lowest BCUT2D eigenvalue weighted by Gasteiger charge is -2.31. The van der Waals surface area contributed by atoms with Gasteiger partial charge in [0.2, 0.25) is 5.91 Å². The maximum Gasteiger partial charge on any atom is 0.228 e. The molecular weight excluding hydrogens is 212 g/mol. The molecule has 0 bridgehead atoms. The average molecular weight is 230 g/mol. The monoisotopic (exact) mass is 230 g/mol.